The van der Waals surface area contributed by atoms with Gasteiger partial charge in [0.15, 0.2) is 16.3 Å². The van der Waals surface area contributed by atoms with E-state index in [1.165, 1.54) is 21.8 Å². The number of rotatable bonds is 8. The van der Waals surface area contributed by atoms with E-state index >= 15 is 0 Å². The number of hydrogen-bond donors (Lipinski definition) is 1. The molecule has 2 aromatic heterocycles. The normalized spacial score (nSPS) is 11.7. The van der Waals surface area contributed by atoms with Gasteiger partial charge in [0, 0.05) is 16.0 Å². The van der Waals surface area contributed by atoms with Crippen molar-refractivity contribution in [1.29, 1.82) is 0 Å². The average Bonchev–Trinajstić information content (AvgIpc) is 3.37. The molecular formula is C28H26N4O2S2. The van der Waals surface area contributed by atoms with Gasteiger partial charge in [0.25, 0.3) is 0 Å². The van der Waals surface area contributed by atoms with Crippen molar-refractivity contribution in [3.8, 4) is 16.3 Å². The molecule has 0 atom stereocenters. The highest BCUT2D eigenvalue weighted by atomic mass is 32.2. The van der Waals surface area contributed by atoms with Gasteiger partial charge in [-0.25, -0.2) is 4.99 Å². The predicted molar refractivity (Wildman–Crippen MR) is 149 cm³/mol. The number of anilines is 2. The van der Waals surface area contributed by atoms with Crippen molar-refractivity contribution < 1.29 is 9.15 Å². The molecule has 0 saturated carbocycles. The highest BCUT2D eigenvalue weighted by Gasteiger charge is 2.15. The summed E-state index contributed by atoms with van der Waals surface area (Å²) in [4.78, 5) is 6.03. The third-order valence-corrected chi connectivity index (χ3v) is 7.19. The first-order chi connectivity index (χ1) is 17.7. The van der Waals surface area contributed by atoms with Gasteiger partial charge in [0.05, 0.1) is 17.9 Å². The molecule has 0 aliphatic carbocycles. The Morgan fingerprint density at radius 2 is 1.83 bits per heavy atom. The molecule has 0 aliphatic heterocycles. The van der Waals surface area contributed by atoms with E-state index in [2.05, 4.69) is 53.0 Å². The summed E-state index contributed by atoms with van der Waals surface area (Å²) in [6, 6.07) is 24.3. The van der Waals surface area contributed by atoms with Gasteiger partial charge in [0.2, 0.25) is 10.7 Å². The van der Waals surface area contributed by atoms with E-state index in [0.717, 1.165) is 33.8 Å². The first-order valence-electron chi connectivity index (χ1n) is 11.7. The Kier molecular flexibility index (Phi) is 7.34. The van der Waals surface area contributed by atoms with Crippen LogP contribution in [0.2, 0.25) is 0 Å². The van der Waals surface area contributed by atoms with Crippen molar-refractivity contribution in [1.82, 2.24) is 10.2 Å². The molecule has 0 saturated heterocycles. The second kappa shape index (κ2) is 11.0. The third-order valence-electron chi connectivity index (χ3n) is 5.59. The Hall–Kier alpha value is -3.62. The first-order valence-corrected chi connectivity index (χ1v) is 13.8. The van der Waals surface area contributed by atoms with Crippen LogP contribution in [0.5, 0.6) is 5.75 Å². The number of fused-ring (bicyclic) bond motifs is 1. The van der Waals surface area contributed by atoms with Crippen LogP contribution in [0.1, 0.15) is 19.4 Å². The van der Waals surface area contributed by atoms with Gasteiger partial charge in [-0.3, -0.25) is 0 Å². The number of nitrogens with one attached hydrogen (secondary N) is 1. The lowest BCUT2D eigenvalue weighted by molar-refractivity contribution is 0.337. The topological polar surface area (TPSA) is 72.5 Å². The Morgan fingerprint density at radius 1 is 1.00 bits per heavy atom. The molecule has 3 aromatic carbocycles. The zero-order valence-electron chi connectivity index (χ0n) is 20.3. The average molecular weight is 515 g/mol. The molecule has 2 heterocycles. The van der Waals surface area contributed by atoms with E-state index in [9.17, 15) is 0 Å². The molecule has 0 aliphatic rings. The van der Waals surface area contributed by atoms with Gasteiger partial charge in [0.1, 0.15) is 0 Å². The molecule has 182 valence electrons. The number of aromatic nitrogens is 2. The molecule has 36 heavy (non-hydrogen) atoms. The van der Waals surface area contributed by atoms with Crippen molar-refractivity contribution >= 4 is 50.6 Å². The lowest BCUT2D eigenvalue weighted by Crippen LogP contribution is -2.06. The summed E-state index contributed by atoms with van der Waals surface area (Å²) in [7, 11) is 0. The van der Waals surface area contributed by atoms with Gasteiger partial charge < -0.3 is 14.5 Å². The molecule has 0 bridgehead atoms. The molecule has 0 unspecified atom stereocenters. The van der Waals surface area contributed by atoms with Crippen molar-refractivity contribution in [2.45, 2.75) is 25.2 Å². The summed E-state index contributed by atoms with van der Waals surface area (Å²) in [6.45, 7) is 4.64. The Balaban J connectivity index is 1.61. The minimum Gasteiger partial charge on any atom is -0.490 e. The Bertz CT molecular complexity index is 1560. The molecule has 5 aromatic rings. The summed E-state index contributed by atoms with van der Waals surface area (Å²) >= 11 is 3.16. The molecule has 0 amide bonds. The highest BCUT2D eigenvalue weighted by Crippen LogP contribution is 2.32. The second-order valence-corrected chi connectivity index (χ2v) is 9.83. The molecule has 8 heteroatoms. The number of hydrogen-bond acceptors (Lipinski definition) is 8. The number of ether oxygens (including phenoxy) is 1. The lowest BCUT2D eigenvalue weighted by atomic mass is 10.1. The van der Waals surface area contributed by atoms with Crippen LogP contribution in [0.15, 0.2) is 87.1 Å². The SMILES string of the molecule is CCOc1cccc2cc(-c3nnc(Nc4cccc(SC)c4)s3)c(=Nc3ccc(CC)cc3)oc12. The number of aryl methyl sites for hydroxylation is 1. The van der Waals surface area contributed by atoms with E-state index in [-0.39, 0.29) is 0 Å². The van der Waals surface area contributed by atoms with E-state index in [0.29, 0.717) is 28.6 Å². The molecule has 0 fully saturated rings. The second-order valence-electron chi connectivity index (χ2n) is 7.97. The Morgan fingerprint density at radius 3 is 2.61 bits per heavy atom. The van der Waals surface area contributed by atoms with Crippen LogP contribution in [0, 0.1) is 0 Å². The van der Waals surface area contributed by atoms with E-state index in [1.54, 1.807) is 11.8 Å². The number of nitrogens with zero attached hydrogens (tertiary/aromatic N) is 3. The summed E-state index contributed by atoms with van der Waals surface area (Å²) in [5.41, 5.74) is 4.93. The summed E-state index contributed by atoms with van der Waals surface area (Å²) in [6.07, 6.45) is 3.03. The Labute approximate surface area is 218 Å². The zero-order valence-corrected chi connectivity index (χ0v) is 22.0. The van der Waals surface area contributed by atoms with E-state index < -0.39 is 0 Å². The third kappa shape index (κ3) is 5.29. The number of thioether (sulfide) groups is 1. The zero-order chi connectivity index (χ0) is 24.9. The van der Waals surface area contributed by atoms with Crippen LogP contribution in [0.3, 0.4) is 0 Å². The maximum atomic E-state index is 6.37. The molecular weight excluding hydrogens is 488 g/mol. The number of benzene rings is 3. The van der Waals surface area contributed by atoms with Crippen LogP contribution in [-0.2, 0) is 6.42 Å². The quantitative estimate of drug-likeness (QED) is 0.215. The first kappa shape index (κ1) is 24.1. The maximum absolute atomic E-state index is 6.37. The van der Waals surface area contributed by atoms with Gasteiger partial charge in [-0.2, -0.15) is 0 Å². The van der Waals surface area contributed by atoms with Crippen LogP contribution < -0.4 is 15.6 Å². The summed E-state index contributed by atoms with van der Waals surface area (Å²) < 4.78 is 12.2. The van der Waals surface area contributed by atoms with Crippen LogP contribution in [0.25, 0.3) is 21.5 Å². The maximum Gasteiger partial charge on any atom is 0.230 e. The fraction of sp³-hybridized carbons (Fsp3) is 0.179. The summed E-state index contributed by atoms with van der Waals surface area (Å²) in [5.74, 6) is 0.688. The van der Waals surface area contributed by atoms with Gasteiger partial charge >= 0.3 is 0 Å². The monoisotopic (exact) mass is 514 g/mol. The van der Waals surface area contributed by atoms with Crippen LogP contribution in [0.4, 0.5) is 16.5 Å². The fourth-order valence-corrected chi connectivity index (χ4v) is 4.99. The molecule has 0 radical (unpaired) electrons. The van der Waals surface area contributed by atoms with Crippen molar-refractivity contribution in [3.05, 3.63) is 83.9 Å². The van der Waals surface area contributed by atoms with Crippen LogP contribution in [-0.4, -0.2) is 23.1 Å². The van der Waals surface area contributed by atoms with Gasteiger partial charge in [-0.05, 0) is 67.6 Å². The molecule has 0 spiro atoms. The van der Waals surface area contributed by atoms with E-state index in [4.69, 9.17) is 14.1 Å². The highest BCUT2D eigenvalue weighted by molar-refractivity contribution is 7.98. The molecule has 6 nitrogen and oxygen atoms in total. The predicted octanol–water partition coefficient (Wildman–Crippen LogP) is 7.61. The van der Waals surface area contributed by atoms with Gasteiger partial charge in [-0.1, -0.05) is 48.6 Å². The standard InChI is InChI=1S/C28H26N4O2S2/c1-4-18-12-14-20(15-13-18)29-26-23(16-19-8-6-11-24(33-5-2)25(19)34-26)27-31-32-28(36-27)30-21-9-7-10-22(17-21)35-3/h6-17H,4-5H2,1-3H3,(H,30,32). The molecule has 1 N–H and O–H groups in total. The van der Waals surface area contributed by atoms with Crippen LogP contribution >= 0.6 is 23.1 Å². The van der Waals surface area contributed by atoms with Crippen molar-refractivity contribution in [2.75, 3.05) is 18.2 Å². The fourth-order valence-electron chi connectivity index (χ4n) is 3.76. The summed E-state index contributed by atoms with van der Waals surface area (Å²) in [5, 5.41) is 14.5. The van der Waals surface area contributed by atoms with E-state index in [1.807, 2.05) is 55.5 Å². The van der Waals surface area contributed by atoms with Gasteiger partial charge in [-0.15, -0.1) is 22.0 Å². The number of para-hydroxylation sites is 1. The smallest absolute Gasteiger partial charge is 0.230 e. The molecule has 5 rings (SSSR count). The minimum absolute atomic E-state index is 0.464. The van der Waals surface area contributed by atoms with Crippen molar-refractivity contribution in [3.63, 3.8) is 0 Å². The van der Waals surface area contributed by atoms with Crippen molar-refractivity contribution in [2.24, 2.45) is 4.99 Å². The minimum atomic E-state index is 0.464. The lowest BCUT2D eigenvalue weighted by Gasteiger charge is -2.08. The largest absolute Gasteiger partial charge is 0.490 e.